The van der Waals surface area contributed by atoms with Gasteiger partial charge >= 0.3 is 0 Å². The van der Waals surface area contributed by atoms with E-state index >= 15 is 0 Å². The molecule has 136 valence electrons. The molecule has 2 heterocycles. The number of nitrogens with one attached hydrogen (secondary N) is 3. The first-order chi connectivity index (χ1) is 13.8. The largest absolute Gasteiger partial charge is 0.494 e. The average molecular weight is 365 g/mol. The SMILES string of the molecule is Oc1[nH]cc2c1C(c1ccc3c(c1)Cc1ccccc1-3)Nc1ccccc1N2. The summed E-state index contributed by atoms with van der Waals surface area (Å²) in [5, 5.41) is 17.6. The third-order valence-electron chi connectivity index (χ3n) is 5.83. The molecule has 1 unspecified atom stereocenters. The minimum absolute atomic E-state index is 0.147. The molecule has 0 saturated heterocycles. The monoisotopic (exact) mass is 365 g/mol. The molecule has 4 heteroatoms. The van der Waals surface area contributed by atoms with Crippen molar-refractivity contribution in [2.75, 3.05) is 10.6 Å². The van der Waals surface area contributed by atoms with Gasteiger partial charge in [-0.25, -0.2) is 0 Å². The Labute approximate surface area is 162 Å². The molecule has 0 spiro atoms. The zero-order chi connectivity index (χ0) is 18.7. The predicted molar refractivity (Wildman–Crippen MR) is 112 cm³/mol. The van der Waals surface area contributed by atoms with Crippen molar-refractivity contribution in [3.63, 3.8) is 0 Å². The van der Waals surface area contributed by atoms with Crippen LogP contribution in [0.1, 0.15) is 28.3 Å². The molecule has 1 aromatic heterocycles. The second-order valence-corrected chi connectivity index (χ2v) is 7.46. The first kappa shape index (κ1) is 15.4. The van der Waals surface area contributed by atoms with Crippen molar-refractivity contribution in [2.24, 2.45) is 0 Å². The number of aromatic amines is 1. The van der Waals surface area contributed by atoms with E-state index < -0.39 is 0 Å². The van der Waals surface area contributed by atoms with Crippen LogP contribution in [-0.2, 0) is 6.42 Å². The second kappa shape index (κ2) is 5.67. The summed E-state index contributed by atoms with van der Waals surface area (Å²) in [6.45, 7) is 0. The van der Waals surface area contributed by atoms with Crippen LogP contribution in [0.15, 0.2) is 72.9 Å². The molecule has 2 aliphatic rings. The lowest BCUT2D eigenvalue weighted by molar-refractivity contribution is 0.449. The van der Waals surface area contributed by atoms with E-state index in [2.05, 4.69) is 64.1 Å². The first-order valence-electron chi connectivity index (χ1n) is 9.52. The van der Waals surface area contributed by atoms with Gasteiger partial charge < -0.3 is 20.7 Å². The number of aromatic hydroxyl groups is 1. The quantitative estimate of drug-likeness (QED) is 0.315. The van der Waals surface area contributed by atoms with Crippen LogP contribution in [-0.4, -0.2) is 10.1 Å². The normalized spacial score (nSPS) is 16.1. The Balaban J connectivity index is 1.49. The molecule has 1 aliphatic heterocycles. The molecule has 4 N–H and O–H groups in total. The fraction of sp³-hybridized carbons (Fsp3) is 0.0833. The van der Waals surface area contributed by atoms with Gasteiger partial charge in [-0.15, -0.1) is 0 Å². The van der Waals surface area contributed by atoms with Crippen LogP contribution in [0.25, 0.3) is 11.1 Å². The van der Waals surface area contributed by atoms with Gasteiger partial charge in [0.05, 0.1) is 28.7 Å². The Morgan fingerprint density at radius 2 is 1.57 bits per heavy atom. The van der Waals surface area contributed by atoms with Gasteiger partial charge in [0, 0.05) is 6.20 Å². The van der Waals surface area contributed by atoms with Crippen LogP contribution in [0.2, 0.25) is 0 Å². The van der Waals surface area contributed by atoms with E-state index in [1.807, 2.05) is 24.4 Å². The van der Waals surface area contributed by atoms with Gasteiger partial charge in [0.25, 0.3) is 0 Å². The van der Waals surface area contributed by atoms with Crippen LogP contribution in [0.5, 0.6) is 5.88 Å². The van der Waals surface area contributed by atoms with Crippen molar-refractivity contribution in [1.29, 1.82) is 0 Å². The summed E-state index contributed by atoms with van der Waals surface area (Å²) in [5.74, 6) is 0.191. The summed E-state index contributed by atoms with van der Waals surface area (Å²) in [5.41, 5.74) is 10.2. The number of anilines is 3. The molecule has 1 atom stereocenters. The maximum absolute atomic E-state index is 10.5. The number of hydrogen-bond acceptors (Lipinski definition) is 3. The maximum atomic E-state index is 10.5. The lowest BCUT2D eigenvalue weighted by Gasteiger charge is -2.20. The van der Waals surface area contributed by atoms with Crippen LogP contribution in [0, 0.1) is 0 Å². The summed E-state index contributed by atoms with van der Waals surface area (Å²) in [6.07, 6.45) is 2.78. The Bertz CT molecular complexity index is 1220. The van der Waals surface area contributed by atoms with E-state index in [0.29, 0.717) is 0 Å². The van der Waals surface area contributed by atoms with E-state index in [0.717, 1.165) is 34.6 Å². The summed E-state index contributed by atoms with van der Waals surface area (Å²) in [4.78, 5) is 2.96. The number of hydrogen-bond donors (Lipinski definition) is 4. The van der Waals surface area contributed by atoms with Gasteiger partial charge in [0.2, 0.25) is 0 Å². The van der Waals surface area contributed by atoms with Crippen molar-refractivity contribution in [3.8, 4) is 17.0 Å². The number of benzene rings is 3. The second-order valence-electron chi connectivity index (χ2n) is 7.46. The molecule has 4 nitrogen and oxygen atoms in total. The summed E-state index contributed by atoms with van der Waals surface area (Å²) < 4.78 is 0. The van der Waals surface area contributed by atoms with Gasteiger partial charge in [0.15, 0.2) is 5.88 Å². The van der Waals surface area contributed by atoms with Crippen LogP contribution < -0.4 is 10.6 Å². The molecule has 0 bridgehead atoms. The number of H-pyrrole nitrogens is 1. The molecule has 0 amide bonds. The Kier molecular flexibility index (Phi) is 3.12. The molecule has 0 fully saturated rings. The number of para-hydroxylation sites is 2. The molecule has 6 rings (SSSR count). The van der Waals surface area contributed by atoms with Gasteiger partial charge in [-0.2, -0.15) is 0 Å². The van der Waals surface area contributed by atoms with E-state index in [9.17, 15) is 5.11 Å². The molecule has 4 aromatic rings. The number of aromatic nitrogens is 1. The van der Waals surface area contributed by atoms with Crippen LogP contribution >= 0.6 is 0 Å². The molecule has 28 heavy (non-hydrogen) atoms. The van der Waals surface area contributed by atoms with E-state index in [-0.39, 0.29) is 11.9 Å². The van der Waals surface area contributed by atoms with Gasteiger partial charge in [-0.05, 0) is 46.4 Å². The Morgan fingerprint density at radius 3 is 2.50 bits per heavy atom. The smallest absolute Gasteiger partial charge is 0.196 e. The highest BCUT2D eigenvalue weighted by Crippen LogP contribution is 2.45. The molecule has 0 radical (unpaired) electrons. The third kappa shape index (κ3) is 2.18. The maximum Gasteiger partial charge on any atom is 0.196 e. The molecule has 1 aliphatic carbocycles. The third-order valence-corrected chi connectivity index (χ3v) is 5.83. The van der Waals surface area contributed by atoms with Gasteiger partial charge in [0.1, 0.15) is 0 Å². The summed E-state index contributed by atoms with van der Waals surface area (Å²) in [6, 6.07) is 23.2. The summed E-state index contributed by atoms with van der Waals surface area (Å²) in [7, 11) is 0. The highest BCUT2D eigenvalue weighted by Gasteiger charge is 2.28. The minimum atomic E-state index is -0.147. The molecular formula is C24H19N3O. The molecular weight excluding hydrogens is 346 g/mol. The van der Waals surface area contributed by atoms with E-state index in [1.165, 1.54) is 22.3 Å². The highest BCUT2D eigenvalue weighted by molar-refractivity contribution is 5.82. The standard InChI is InChI=1S/C24H19N3O/c28-24-22-21(13-25-24)26-19-7-3-4-8-20(19)27-23(22)15-9-10-18-16(12-15)11-14-5-1-2-6-17(14)18/h1-10,12-13,23,25-28H,11H2. The zero-order valence-corrected chi connectivity index (χ0v) is 15.2. The minimum Gasteiger partial charge on any atom is -0.494 e. The fourth-order valence-electron chi connectivity index (χ4n) is 4.50. The summed E-state index contributed by atoms with van der Waals surface area (Å²) >= 11 is 0. The van der Waals surface area contributed by atoms with Crippen molar-refractivity contribution in [3.05, 3.63) is 95.2 Å². The van der Waals surface area contributed by atoms with Crippen molar-refractivity contribution in [1.82, 2.24) is 4.98 Å². The lowest BCUT2D eigenvalue weighted by atomic mass is 9.95. The van der Waals surface area contributed by atoms with E-state index in [4.69, 9.17) is 0 Å². The van der Waals surface area contributed by atoms with Crippen molar-refractivity contribution < 1.29 is 5.11 Å². The number of rotatable bonds is 1. The van der Waals surface area contributed by atoms with Gasteiger partial charge in [-0.3, -0.25) is 0 Å². The Hall–Kier alpha value is -3.66. The van der Waals surface area contributed by atoms with E-state index in [1.54, 1.807) is 0 Å². The average Bonchev–Trinajstić information content (AvgIpc) is 3.21. The van der Waals surface area contributed by atoms with Crippen molar-refractivity contribution in [2.45, 2.75) is 12.5 Å². The zero-order valence-electron chi connectivity index (χ0n) is 15.2. The van der Waals surface area contributed by atoms with Gasteiger partial charge in [-0.1, -0.05) is 54.6 Å². The van der Waals surface area contributed by atoms with Crippen LogP contribution in [0.4, 0.5) is 17.1 Å². The molecule has 0 saturated carbocycles. The van der Waals surface area contributed by atoms with Crippen molar-refractivity contribution >= 4 is 17.1 Å². The van der Waals surface area contributed by atoms with Crippen LogP contribution in [0.3, 0.4) is 0 Å². The Morgan fingerprint density at radius 1 is 0.786 bits per heavy atom. The fourth-order valence-corrected chi connectivity index (χ4v) is 4.50. The lowest BCUT2D eigenvalue weighted by Crippen LogP contribution is -2.11. The predicted octanol–water partition coefficient (Wildman–Crippen LogP) is 5.55. The topological polar surface area (TPSA) is 60.1 Å². The molecule has 3 aromatic carbocycles. The highest BCUT2D eigenvalue weighted by atomic mass is 16.3. The number of fused-ring (bicyclic) bond motifs is 5. The first-order valence-corrected chi connectivity index (χ1v) is 9.52.